The average molecular weight is 258 g/mol. The SMILES string of the molecule is CCC(C)C(C)Nc1c(F)cc([N+](=O)[O-])cc1F. The van der Waals surface area contributed by atoms with Gasteiger partial charge in [-0.3, -0.25) is 10.1 Å². The summed E-state index contributed by atoms with van der Waals surface area (Å²) >= 11 is 0. The fourth-order valence-corrected chi connectivity index (χ4v) is 1.53. The number of benzene rings is 1. The van der Waals surface area contributed by atoms with Gasteiger partial charge >= 0.3 is 0 Å². The minimum atomic E-state index is -0.947. The van der Waals surface area contributed by atoms with Gasteiger partial charge in [0.25, 0.3) is 5.69 Å². The number of nitro groups is 1. The Bertz CT molecular complexity index is 429. The number of nitrogens with one attached hydrogen (secondary N) is 1. The first kappa shape index (κ1) is 14.3. The number of nitro benzene ring substituents is 1. The van der Waals surface area contributed by atoms with Gasteiger partial charge in [0.15, 0.2) is 11.6 Å². The van der Waals surface area contributed by atoms with E-state index in [-0.39, 0.29) is 17.6 Å². The molecule has 18 heavy (non-hydrogen) atoms. The number of hydrogen-bond donors (Lipinski definition) is 1. The highest BCUT2D eigenvalue weighted by Crippen LogP contribution is 2.26. The third-order valence-electron chi connectivity index (χ3n) is 3.11. The average Bonchev–Trinajstić information content (AvgIpc) is 2.31. The van der Waals surface area contributed by atoms with Crippen LogP contribution in [0.4, 0.5) is 20.2 Å². The fraction of sp³-hybridized carbons (Fsp3) is 0.500. The van der Waals surface area contributed by atoms with Crippen molar-refractivity contribution in [2.45, 2.75) is 33.2 Å². The molecular formula is C12H16F2N2O2. The van der Waals surface area contributed by atoms with Crippen LogP contribution in [0.3, 0.4) is 0 Å². The van der Waals surface area contributed by atoms with Crippen molar-refractivity contribution in [1.82, 2.24) is 0 Å². The number of hydrogen-bond acceptors (Lipinski definition) is 3. The van der Waals surface area contributed by atoms with E-state index in [9.17, 15) is 18.9 Å². The molecule has 4 nitrogen and oxygen atoms in total. The Kier molecular flexibility index (Phi) is 4.58. The lowest BCUT2D eigenvalue weighted by atomic mass is 10.0. The Morgan fingerprint density at radius 1 is 1.33 bits per heavy atom. The highest BCUT2D eigenvalue weighted by Gasteiger charge is 2.19. The Labute approximate surface area is 104 Å². The molecule has 2 atom stereocenters. The Hall–Kier alpha value is -1.72. The van der Waals surface area contributed by atoms with Gasteiger partial charge in [0.1, 0.15) is 5.69 Å². The van der Waals surface area contributed by atoms with Gasteiger partial charge < -0.3 is 5.32 Å². The van der Waals surface area contributed by atoms with Crippen LogP contribution in [0.25, 0.3) is 0 Å². The fourth-order valence-electron chi connectivity index (χ4n) is 1.53. The maximum absolute atomic E-state index is 13.6. The van der Waals surface area contributed by atoms with Crippen LogP contribution in [0.15, 0.2) is 12.1 Å². The monoisotopic (exact) mass is 258 g/mol. The molecule has 1 rings (SSSR count). The van der Waals surface area contributed by atoms with Crippen LogP contribution < -0.4 is 5.32 Å². The van der Waals surface area contributed by atoms with Crippen LogP contribution in [0.1, 0.15) is 27.2 Å². The third kappa shape index (κ3) is 3.15. The van der Waals surface area contributed by atoms with E-state index in [4.69, 9.17) is 0 Å². The molecule has 6 heteroatoms. The van der Waals surface area contributed by atoms with E-state index in [0.717, 1.165) is 18.6 Å². The lowest BCUT2D eigenvalue weighted by molar-refractivity contribution is -0.385. The summed E-state index contributed by atoms with van der Waals surface area (Å²) in [5.74, 6) is -1.66. The van der Waals surface area contributed by atoms with Crippen molar-refractivity contribution in [2.24, 2.45) is 5.92 Å². The van der Waals surface area contributed by atoms with Gasteiger partial charge in [0.2, 0.25) is 0 Å². The van der Waals surface area contributed by atoms with Crippen LogP contribution >= 0.6 is 0 Å². The molecule has 0 radical (unpaired) electrons. The molecule has 1 N–H and O–H groups in total. The van der Waals surface area contributed by atoms with Crippen molar-refractivity contribution in [2.75, 3.05) is 5.32 Å². The third-order valence-corrected chi connectivity index (χ3v) is 3.11. The van der Waals surface area contributed by atoms with Gasteiger partial charge in [0, 0.05) is 6.04 Å². The first-order valence-corrected chi connectivity index (χ1v) is 5.76. The minimum absolute atomic E-state index is 0.125. The first-order chi connectivity index (χ1) is 8.36. The molecule has 1 aromatic carbocycles. The Morgan fingerprint density at radius 3 is 2.22 bits per heavy atom. The van der Waals surface area contributed by atoms with E-state index in [1.807, 2.05) is 20.8 Å². The summed E-state index contributed by atoms with van der Waals surface area (Å²) in [6, 6.07) is 1.31. The second-order valence-electron chi connectivity index (χ2n) is 4.36. The second kappa shape index (κ2) is 5.75. The van der Waals surface area contributed by atoms with E-state index in [2.05, 4.69) is 5.32 Å². The smallest absolute Gasteiger partial charge is 0.275 e. The van der Waals surface area contributed by atoms with Gasteiger partial charge in [-0.05, 0) is 12.8 Å². The molecule has 100 valence electrons. The van der Waals surface area contributed by atoms with Crippen LogP contribution in [0, 0.1) is 27.7 Å². The zero-order chi connectivity index (χ0) is 13.9. The number of anilines is 1. The lowest BCUT2D eigenvalue weighted by Crippen LogP contribution is -2.24. The van der Waals surface area contributed by atoms with Crippen molar-refractivity contribution in [1.29, 1.82) is 0 Å². The summed E-state index contributed by atoms with van der Waals surface area (Å²) in [6.07, 6.45) is 0.865. The molecule has 0 bridgehead atoms. The van der Waals surface area contributed by atoms with Gasteiger partial charge in [0.05, 0.1) is 17.1 Å². The van der Waals surface area contributed by atoms with Crippen molar-refractivity contribution in [3.63, 3.8) is 0 Å². The van der Waals surface area contributed by atoms with E-state index in [1.165, 1.54) is 0 Å². The molecule has 0 fully saturated rings. The lowest BCUT2D eigenvalue weighted by Gasteiger charge is -2.21. The van der Waals surface area contributed by atoms with E-state index in [0.29, 0.717) is 0 Å². The number of halogens is 2. The molecule has 0 aromatic heterocycles. The van der Waals surface area contributed by atoms with Crippen molar-refractivity contribution >= 4 is 11.4 Å². The van der Waals surface area contributed by atoms with Crippen molar-refractivity contribution in [3.05, 3.63) is 33.9 Å². The maximum Gasteiger partial charge on any atom is 0.275 e. The van der Waals surface area contributed by atoms with Gasteiger partial charge in [-0.25, -0.2) is 8.78 Å². The topological polar surface area (TPSA) is 55.2 Å². The summed E-state index contributed by atoms with van der Waals surface area (Å²) < 4.78 is 27.2. The standard InChI is InChI=1S/C12H16F2N2O2/c1-4-7(2)8(3)15-12-10(13)5-9(16(17)18)6-11(12)14/h5-8,15H,4H2,1-3H3. The molecule has 0 saturated carbocycles. The molecule has 0 saturated heterocycles. The molecule has 0 heterocycles. The summed E-state index contributed by atoms with van der Waals surface area (Å²) in [4.78, 5) is 9.62. The molecule has 0 spiro atoms. The first-order valence-electron chi connectivity index (χ1n) is 5.76. The zero-order valence-corrected chi connectivity index (χ0v) is 10.5. The summed E-state index contributed by atoms with van der Waals surface area (Å²) in [5, 5.41) is 13.2. The molecule has 1 aromatic rings. The predicted octanol–water partition coefficient (Wildman–Crippen LogP) is 3.72. The van der Waals surface area contributed by atoms with Gasteiger partial charge in [-0.2, -0.15) is 0 Å². The molecule has 0 aliphatic rings. The minimum Gasteiger partial charge on any atom is -0.378 e. The van der Waals surface area contributed by atoms with Crippen LogP contribution in [-0.2, 0) is 0 Å². The number of nitrogens with zero attached hydrogens (tertiary/aromatic N) is 1. The van der Waals surface area contributed by atoms with Crippen LogP contribution in [0.2, 0.25) is 0 Å². The van der Waals surface area contributed by atoms with E-state index in [1.54, 1.807) is 0 Å². The summed E-state index contributed by atoms with van der Waals surface area (Å²) in [6.45, 7) is 5.75. The second-order valence-corrected chi connectivity index (χ2v) is 4.36. The molecule has 0 aliphatic heterocycles. The van der Waals surface area contributed by atoms with Crippen molar-refractivity contribution in [3.8, 4) is 0 Å². The van der Waals surface area contributed by atoms with Crippen LogP contribution in [0.5, 0.6) is 0 Å². The quantitative estimate of drug-likeness (QED) is 0.646. The summed E-state index contributed by atoms with van der Waals surface area (Å²) in [5.41, 5.74) is -0.903. The highest BCUT2D eigenvalue weighted by atomic mass is 19.1. The van der Waals surface area contributed by atoms with Gasteiger partial charge in [-0.15, -0.1) is 0 Å². The largest absolute Gasteiger partial charge is 0.378 e. The predicted molar refractivity (Wildman–Crippen MR) is 65.6 cm³/mol. The zero-order valence-electron chi connectivity index (χ0n) is 10.5. The normalized spacial score (nSPS) is 14.1. The van der Waals surface area contributed by atoms with Crippen LogP contribution in [-0.4, -0.2) is 11.0 Å². The Balaban J connectivity index is 3.00. The van der Waals surface area contributed by atoms with Crippen molar-refractivity contribution < 1.29 is 13.7 Å². The highest BCUT2D eigenvalue weighted by molar-refractivity contribution is 5.52. The summed E-state index contributed by atoms with van der Waals surface area (Å²) in [7, 11) is 0. The Morgan fingerprint density at radius 2 is 1.83 bits per heavy atom. The molecule has 2 unspecified atom stereocenters. The molecule has 0 amide bonds. The number of non-ortho nitro benzene ring substituents is 1. The van der Waals surface area contributed by atoms with E-state index < -0.39 is 22.2 Å². The molecular weight excluding hydrogens is 242 g/mol. The van der Waals surface area contributed by atoms with Gasteiger partial charge in [-0.1, -0.05) is 20.3 Å². The van der Waals surface area contributed by atoms with E-state index >= 15 is 0 Å². The number of rotatable bonds is 5. The molecule has 0 aliphatic carbocycles. The maximum atomic E-state index is 13.6.